The van der Waals surface area contributed by atoms with Gasteiger partial charge in [-0.25, -0.2) is 4.98 Å². The summed E-state index contributed by atoms with van der Waals surface area (Å²) in [6, 6.07) is 1.82. The number of nitrogens with zero attached hydrogens (tertiary/aromatic N) is 1. The lowest BCUT2D eigenvalue weighted by Gasteiger charge is -2.18. The minimum absolute atomic E-state index is 0.136. The second-order valence-electron chi connectivity index (χ2n) is 4.77. The molecular formula is C14H17ClN2O2. The molecular weight excluding hydrogens is 264 g/mol. The van der Waals surface area contributed by atoms with Crippen molar-refractivity contribution in [3.63, 3.8) is 0 Å². The number of carbonyl (C=O) groups excluding carboxylic acids is 1. The van der Waals surface area contributed by atoms with E-state index in [-0.39, 0.29) is 17.8 Å². The van der Waals surface area contributed by atoms with Crippen LogP contribution in [0.3, 0.4) is 0 Å². The van der Waals surface area contributed by atoms with Gasteiger partial charge in [0.15, 0.2) is 0 Å². The van der Waals surface area contributed by atoms with Gasteiger partial charge < -0.3 is 9.72 Å². The summed E-state index contributed by atoms with van der Waals surface area (Å²) in [5.74, 6) is -0.385. The number of rotatable bonds is 4. The normalized spacial score (nSPS) is 12.9. The fraction of sp³-hybridized carbons (Fsp3) is 0.429. The number of hydrogen-bond acceptors (Lipinski definition) is 3. The van der Waals surface area contributed by atoms with E-state index in [1.54, 1.807) is 6.20 Å². The lowest BCUT2D eigenvalue weighted by molar-refractivity contribution is -0.146. The minimum Gasteiger partial charge on any atom is -0.466 e. The van der Waals surface area contributed by atoms with Crippen LogP contribution < -0.4 is 0 Å². The molecule has 0 radical (unpaired) electrons. The van der Waals surface area contributed by atoms with Crippen LogP contribution in [-0.4, -0.2) is 22.5 Å². The predicted molar refractivity (Wildman–Crippen MR) is 75.3 cm³/mol. The number of pyridine rings is 1. The van der Waals surface area contributed by atoms with E-state index in [9.17, 15) is 4.79 Å². The van der Waals surface area contributed by atoms with E-state index in [1.807, 2.05) is 33.0 Å². The molecule has 4 nitrogen and oxygen atoms in total. The van der Waals surface area contributed by atoms with E-state index in [0.717, 1.165) is 16.6 Å². The van der Waals surface area contributed by atoms with Crippen molar-refractivity contribution in [2.45, 2.75) is 26.7 Å². The van der Waals surface area contributed by atoms with Crippen molar-refractivity contribution in [1.29, 1.82) is 0 Å². The number of esters is 1. The maximum atomic E-state index is 12.1. The Balaban J connectivity index is 2.50. The Hall–Kier alpha value is -1.55. The second kappa shape index (κ2) is 5.61. The summed E-state index contributed by atoms with van der Waals surface area (Å²) in [4.78, 5) is 19.4. The van der Waals surface area contributed by atoms with Gasteiger partial charge in [-0.2, -0.15) is 0 Å². The monoisotopic (exact) mass is 280 g/mol. The van der Waals surface area contributed by atoms with Crippen molar-refractivity contribution in [3.05, 3.63) is 29.0 Å². The zero-order chi connectivity index (χ0) is 14.0. The molecule has 0 aliphatic rings. The van der Waals surface area contributed by atoms with E-state index in [1.165, 1.54) is 0 Å². The lowest BCUT2D eigenvalue weighted by atomic mass is 9.88. The molecule has 0 bridgehead atoms. The van der Waals surface area contributed by atoms with Gasteiger partial charge in [-0.15, -0.1) is 0 Å². The van der Waals surface area contributed by atoms with E-state index in [4.69, 9.17) is 16.3 Å². The summed E-state index contributed by atoms with van der Waals surface area (Å²) in [7, 11) is 0. The Labute approximate surface area is 117 Å². The Morgan fingerprint density at radius 1 is 1.53 bits per heavy atom. The Morgan fingerprint density at radius 2 is 2.26 bits per heavy atom. The third-order valence-corrected chi connectivity index (χ3v) is 3.28. The standard InChI is InChI=1S/C14H17ClN2O2/c1-4-19-14(18)12(8(2)3)11-7-17-13-10(11)5-9(15)6-16-13/h5-8,12H,4H2,1-3H3,(H,16,17). The molecule has 2 aromatic heterocycles. The van der Waals surface area contributed by atoms with Gasteiger partial charge in [0.25, 0.3) is 0 Å². The van der Waals surface area contributed by atoms with E-state index in [2.05, 4.69) is 9.97 Å². The molecule has 1 unspecified atom stereocenters. The second-order valence-corrected chi connectivity index (χ2v) is 5.20. The number of fused-ring (bicyclic) bond motifs is 1. The van der Waals surface area contributed by atoms with Gasteiger partial charge in [0.2, 0.25) is 0 Å². The molecule has 2 heterocycles. The lowest BCUT2D eigenvalue weighted by Crippen LogP contribution is -2.20. The van der Waals surface area contributed by atoms with Crippen LogP contribution in [-0.2, 0) is 9.53 Å². The third-order valence-electron chi connectivity index (χ3n) is 3.07. The molecule has 0 aromatic carbocycles. The number of H-pyrrole nitrogens is 1. The topological polar surface area (TPSA) is 55.0 Å². The van der Waals surface area contributed by atoms with Crippen LogP contribution in [0.1, 0.15) is 32.3 Å². The first kappa shape index (κ1) is 13.9. The quantitative estimate of drug-likeness (QED) is 0.872. The van der Waals surface area contributed by atoms with E-state index < -0.39 is 0 Å². The molecule has 0 saturated heterocycles. The van der Waals surface area contributed by atoms with Crippen molar-refractivity contribution < 1.29 is 9.53 Å². The highest BCUT2D eigenvalue weighted by atomic mass is 35.5. The molecule has 0 spiro atoms. The third kappa shape index (κ3) is 2.73. The minimum atomic E-state index is -0.311. The largest absolute Gasteiger partial charge is 0.466 e. The first-order valence-electron chi connectivity index (χ1n) is 6.33. The number of aromatic amines is 1. The van der Waals surface area contributed by atoms with Gasteiger partial charge in [-0.05, 0) is 24.5 Å². The van der Waals surface area contributed by atoms with Crippen LogP contribution in [0.25, 0.3) is 11.0 Å². The smallest absolute Gasteiger partial charge is 0.313 e. The fourth-order valence-electron chi connectivity index (χ4n) is 2.25. The number of nitrogens with one attached hydrogen (secondary N) is 1. The maximum Gasteiger partial charge on any atom is 0.313 e. The summed E-state index contributed by atoms with van der Waals surface area (Å²) >= 11 is 5.98. The first-order chi connectivity index (χ1) is 9.04. The molecule has 0 aliphatic heterocycles. The maximum absolute atomic E-state index is 12.1. The van der Waals surface area contributed by atoms with Crippen LogP contribution in [0.4, 0.5) is 0 Å². The van der Waals surface area contributed by atoms with E-state index in [0.29, 0.717) is 11.6 Å². The van der Waals surface area contributed by atoms with Gasteiger partial charge in [0, 0.05) is 17.8 Å². The molecule has 2 aromatic rings. The van der Waals surface area contributed by atoms with Crippen molar-refractivity contribution in [2.75, 3.05) is 6.61 Å². The molecule has 0 aliphatic carbocycles. The van der Waals surface area contributed by atoms with Crippen LogP contribution in [0, 0.1) is 5.92 Å². The average molecular weight is 281 g/mol. The van der Waals surface area contributed by atoms with Crippen LogP contribution in [0.15, 0.2) is 18.5 Å². The zero-order valence-corrected chi connectivity index (χ0v) is 12.0. The van der Waals surface area contributed by atoms with Crippen molar-refractivity contribution >= 4 is 28.6 Å². The number of hydrogen-bond donors (Lipinski definition) is 1. The number of aromatic nitrogens is 2. The Kier molecular flexibility index (Phi) is 4.10. The SMILES string of the molecule is CCOC(=O)C(c1c[nH]c2ncc(Cl)cc12)C(C)C. The number of halogens is 1. The first-order valence-corrected chi connectivity index (χ1v) is 6.71. The molecule has 102 valence electrons. The van der Waals surface area contributed by atoms with Crippen molar-refractivity contribution in [3.8, 4) is 0 Å². The van der Waals surface area contributed by atoms with Gasteiger partial charge in [-0.3, -0.25) is 4.79 Å². The highest BCUT2D eigenvalue weighted by molar-refractivity contribution is 6.31. The van der Waals surface area contributed by atoms with Gasteiger partial charge >= 0.3 is 5.97 Å². The molecule has 0 amide bonds. The molecule has 0 fully saturated rings. The van der Waals surface area contributed by atoms with Crippen LogP contribution in [0.2, 0.25) is 5.02 Å². The van der Waals surface area contributed by atoms with Crippen molar-refractivity contribution in [1.82, 2.24) is 9.97 Å². The fourth-order valence-corrected chi connectivity index (χ4v) is 2.40. The molecule has 19 heavy (non-hydrogen) atoms. The van der Waals surface area contributed by atoms with Crippen LogP contribution in [0.5, 0.6) is 0 Å². The van der Waals surface area contributed by atoms with Gasteiger partial charge in [-0.1, -0.05) is 25.4 Å². The van der Waals surface area contributed by atoms with E-state index >= 15 is 0 Å². The molecule has 1 atom stereocenters. The molecule has 0 saturated carbocycles. The summed E-state index contributed by atoms with van der Waals surface area (Å²) in [6.45, 7) is 6.18. The average Bonchev–Trinajstić information content (AvgIpc) is 2.72. The van der Waals surface area contributed by atoms with Gasteiger partial charge in [0.05, 0.1) is 17.5 Å². The zero-order valence-electron chi connectivity index (χ0n) is 11.2. The summed E-state index contributed by atoms with van der Waals surface area (Å²) in [5, 5.41) is 1.43. The highest BCUT2D eigenvalue weighted by Crippen LogP contribution is 2.32. The van der Waals surface area contributed by atoms with Crippen molar-refractivity contribution in [2.24, 2.45) is 5.92 Å². The summed E-state index contributed by atoms with van der Waals surface area (Å²) < 4.78 is 5.16. The molecule has 1 N–H and O–H groups in total. The Morgan fingerprint density at radius 3 is 2.89 bits per heavy atom. The van der Waals surface area contributed by atoms with Crippen LogP contribution >= 0.6 is 11.6 Å². The number of carbonyl (C=O) groups is 1. The van der Waals surface area contributed by atoms with Gasteiger partial charge in [0.1, 0.15) is 5.65 Å². The summed E-state index contributed by atoms with van der Waals surface area (Å²) in [5.41, 5.74) is 1.62. The summed E-state index contributed by atoms with van der Waals surface area (Å²) in [6.07, 6.45) is 3.40. The predicted octanol–water partition coefficient (Wildman–Crippen LogP) is 3.52. The Bertz CT molecular complexity index is 592. The highest BCUT2D eigenvalue weighted by Gasteiger charge is 2.28. The molecule has 5 heteroatoms. The number of ether oxygens (including phenoxy) is 1. The molecule has 2 rings (SSSR count).